The SMILES string of the molecule is COc1cc(OC)c(C(C#N)OCCO)c(OC)c1. The Hall–Kier alpha value is -1.97. The molecule has 1 atom stereocenters. The minimum Gasteiger partial charge on any atom is -0.496 e. The lowest BCUT2D eigenvalue weighted by atomic mass is 10.1. The molecule has 19 heavy (non-hydrogen) atoms. The van der Waals surface area contributed by atoms with E-state index in [9.17, 15) is 5.26 Å². The van der Waals surface area contributed by atoms with E-state index in [4.69, 9.17) is 24.1 Å². The summed E-state index contributed by atoms with van der Waals surface area (Å²) in [5.41, 5.74) is 0.474. The van der Waals surface area contributed by atoms with Crippen LogP contribution in [0.2, 0.25) is 0 Å². The van der Waals surface area contributed by atoms with Gasteiger partial charge < -0.3 is 24.1 Å². The van der Waals surface area contributed by atoms with E-state index < -0.39 is 6.10 Å². The van der Waals surface area contributed by atoms with Gasteiger partial charge in [-0.25, -0.2) is 0 Å². The van der Waals surface area contributed by atoms with Crippen molar-refractivity contribution in [3.63, 3.8) is 0 Å². The van der Waals surface area contributed by atoms with Crippen LogP contribution in [0.5, 0.6) is 17.2 Å². The van der Waals surface area contributed by atoms with Crippen LogP contribution in [-0.2, 0) is 4.74 Å². The maximum absolute atomic E-state index is 9.17. The Bertz CT molecular complexity index is 430. The molecule has 1 unspecified atom stereocenters. The van der Waals surface area contributed by atoms with E-state index in [1.807, 2.05) is 6.07 Å². The highest BCUT2D eigenvalue weighted by Gasteiger charge is 2.23. The summed E-state index contributed by atoms with van der Waals surface area (Å²) in [7, 11) is 4.49. The molecule has 0 radical (unpaired) electrons. The largest absolute Gasteiger partial charge is 0.496 e. The fourth-order valence-electron chi connectivity index (χ4n) is 1.65. The summed E-state index contributed by atoms with van der Waals surface area (Å²) in [4.78, 5) is 0. The lowest BCUT2D eigenvalue weighted by molar-refractivity contribution is 0.0555. The van der Waals surface area contributed by atoms with Crippen LogP contribution in [0.4, 0.5) is 0 Å². The van der Waals surface area contributed by atoms with Gasteiger partial charge in [-0.05, 0) is 0 Å². The Morgan fingerprint density at radius 2 is 1.74 bits per heavy atom. The molecule has 1 N–H and O–H groups in total. The molecule has 1 aromatic carbocycles. The molecule has 0 saturated heterocycles. The van der Waals surface area contributed by atoms with Crippen molar-refractivity contribution in [2.24, 2.45) is 0 Å². The Labute approximate surface area is 112 Å². The average Bonchev–Trinajstić information content (AvgIpc) is 2.47. The van der Waals surface area contributed by atoms with E-state index in [-0.39, 0.29) is 13.2 Å². The number of aliphatic hydroxyl groups excluding tert-OH is 1. The van der Waals surface area contributed by atoms with Gasteiger partial charge in [-0.2, -0.15) is 5.26 Å². The zero-order valence-electron chi connectivity index (χ0n) is 11.2. The molecular formula is C13H17NO5. The van der Waals surface area contributed by atoms with Gasteiger partial charge in [0, 0.05) is 12.1 Å². The number of benzene rings is 1. The second kappa shape index (κ2) is 7.46. The first-order chi connectivity index (χ1) is 9.21. The summed E-state index contributed by atoms with van der Waals surface area (Å²) >= 11 is 0. The van der Waals surface area contributed by atoms with Crippen molar-refractivity contribution in [1.82, 2.24) is 0 Å². The zero-order valence-corrected chi connectivity index (χ0v) is 11.2. The number of nitriles is 1. The third-order valence-corrected chi connectivity index (χ3v) is 2.51. The quantitative estimate of drug-likeness (QED) is 0.801. The van der Waals surface area contributed by atoms with Crippen molar-refractivity contribution < 1.29 is 24.1 Å². The summed E-state index contributed by atoms with van der Waals surface area (Å²) in [5, 5.41) is 17.9. The lowest BCUT2D eigenvalue weighted by Gasteiger charge is -2.18. The maximum atomic E-state index is 9.17. The smallest absolute Gasteiger partial charge is 0.176 e. The number of ether oxygens (including phenoxy) is 4. The van der Waals surface area contributed by atoms with Crippen LogP contribution in [0.1, 0.15) is 11.7 Å². The Morgan fingerprint density at radius 1 is 1.16 bits per heavy atom. The molecule has 1 rings (SSSR count). The Balaban J connectivity index is 3.25. The number of hydrogen-bond acceptors (Lipinski definition) is 6. The first-order valence-electron chi connectivity index (χ1n) is 5.63. The third kappa shape index (κ3) is 3.50. The van der Waals surface area contributed by atoms with Gasteiger partial charge in [-0.1, -0.05) is 0 Å². The molecule has 0 aliphatic rings. The number of methoxy groups -OCH3 is 3. The van der Waals surface area contributed by atoms with Crippen LogP contribution in [0.15, 0.2) is 12.1 Å². The second-order valence-corrected chi connectivity index (χ2v) is 3.55. The molecule has 6 heteroatoms. The number of hydrogen-bond donors (Lipinski definition) is 1. The van der Waals surface area contributed by atoms with Gasteiger partial charge in [0.1, 0.15) is 17.2 Å². The van der Waals surface area contributed by atoms with Crippen molar-refractivity contribution in [2.45, 2.75) is 6.10 Å². The predicted molar refractivity (Wildman–Crippen MR) is 67.5 cm³/mol. The standard InChI is InChI=1S/C13H17NO5/c1-16-9-6-10(17-2)13(11(7-9)18-3)12(8-14)19-5-4-15/h6-7,12,15H,4-5H2,1-3H3. The molecule has 0 spiro atoms. The van der Waals surface area contributed by atoms with Crippen LogP contribution < -0.4 is 14.2 Å². The first-order valence-corrected chi connectivity index (χ1v) is 5.63. The molecule has 0 bridgehead atoms. The van der Waals surface area contributed by atoms with Crippen LogP contribution in [-0.4, -0.2) is 39.6 Å². The van der Waals surface area contributed by atoms with Crippen molar-refractivity contribution in [2.75, 3.05) is 34.5 Å². The predicted octanol–water partition coefficient (Wildman–Crippen LogP) is 1.29. The van der Waals surface area contributed by atoms with Crippen molar-refractivity contribution in [3.8, 4) is 23.3 Å². The van der Waals surface area contributed by atoms with Crippen molar-refractivity contribution in [3.05, 3.63) is 17.7 Å². The van der Waals surface area contributed by atoms with Gasteiger partial charge in [0.2, 0.25) is 0 Å². The molecule has 104 valence electrons. The maximum Gasteiger partial charge on any atom is 0.176 e. The second-order valence-electron chi connectivity index (χ2n) is 3.55. The molecule has 0 saturated carbocycles. The van der Waals surface area contributed by atoms with E-state index in [0.717, 1.165) is 0 Å². The van der Waals surface area contributed by atoms with E-state index in [1.165, 1.54) is 21.3 Å². The highest BCUT2D eigenvalue weighted by molar-refractivity contribution is 5.53. The molecule has 1 aromatic rings. The van der Waals surface area contributed by atoms with Crippen LogP contribution in [0.3, 0.4) is 0 Å². The number of nitrogens with zero attached hydrogens (tertiary/aromatic N) is 1. The zero-order chi connectivity index (χ0) is 14.3. The van der Waals surface area contributed by atoms with Gasteiger partial charge in [-0.15, -0.1) is 0 Å². The summed E-state index contributed by atoms with van der Waals surface area (Å²) in [6.07, 6.45) is -0.886. The Morgan fingerprint density at radius 3 is 2.11 bits per heavy atom. The molecule has 0 aromatic heterocycles. The Kier molecular flexibility index (Phi) is 5.93. The van der Waals surface area contributed by atoms with E-state index in [0.29, 0.717) is 22.8 Å². The fourth-order valence-corrected chi connectivity index (χ4v) is 1.65. The van der Waals surface area contributed by atoms with Gasteiger partial charge in [0.25, 0.3) is 0 Å². The molecule has 0 fully saturated rings. The monoisotopic (exact) mass is 267 g/mol. The normalized spacial score (nSPS) is 11.5. The van der Waals surface area contributed by atoms with Crippen molar-refractivity contribution >= 4 is 0 Å². The van der Waals surface area contributed by atoms with Gasteiger partial charge in [-0.3, -0.25) is 0 Å². The van der Waals surface area contributed by atoms with E-state index >= 15 is 0 Å². The minimum absolute atomic E-state index is 0.0521. The molecule has 0 aliphatic carbocycles. The van der Waals surface area contributed by atoms with Crippen molar-refractivity contribution in [1.29, 1.82) is 5.26 Å². The van der Waals surface area contributed by atoms with Gasteiger partial charge >= 0.3 is 0 Å². The number of aliphatic hydroxyl groups is 1. The van der Waals surface area contributed by atoms with Crippen LogP contribution in [0.25, 0.3) is 0 Å². The fraction of sp³-hybridized carbons (Fsp3) is 0.462. The number of rotatable bonds is 7. The van der Waals surface area contributed by atoms with E-state index in [1.54, 1.807) is 12.1 Å². The lowest BCUT2D eigenvalue weighted by Crippen LogP contribution is -2.09. The average molecular weight is 267 g/mol. The van der Waals surface area contributed by atoms with Crippen LogP contribution in [0, 0.1) is 11.3 Å². The highest BCUT2D eigenvalue weighted by Crippen LogP contribution is 2.39. The molecule has 0 amide bonds. The van der Waals surface area contributed by atoms with Crippen LogP contribution >= 0.6 is 0 Å². The topological polar surface area (TPSA) is 80.9 Å². The summed E-state index contributed by atoms with van der Waals surface area (Å²) < 4.78 is 20.9. The molecular weight excluding hydrogens is 250 g/mol. The minimum atomic E-state index is -0.886. The molecule has 6 nitrogen and oxygen atoms in total. The van der Waals surface area contributed by atoms with E-state index in [2.05, 4.69) is 0 Å². The van der Waals surface area contributed by atoms with Gasteiger partial charge in [0.15, 0.2) is 6.10 Å². The highest BCUT2D eigenvalue weighted by atomic mass is 16.5. The summed E-state index contributed by atoms with van der Waals surface area (Å²) in [6, 6.07) is 5.29. The summed E-state index contributed by atoms with van der Waals surface area (Å²) in [5.74, 6) is 1.41. The third-order valence-electron chi connectivity index (χ3n) is 2.51. The molecule has 0 heterocycles. The first kappa shape index (κ1) is 15.1. The molecule has 0 aliphatic heterocycles. The van der Waals surface area contributed by atoms with Gasteiger partial charge in [0.05, 0.1) is 46.2 Å². The summed E-state index contributed by atoms with van der Waals surface area (Å²) in [6.45, 7) is -0.116.